The largest absolute Gasteiger partial charge is 0.443 e. The van der Waals surface area contributed by atoms with Gasteiger partial charge in [0.2, 0.25) is 11.8 Å². The van der Waals surface area contributed by atoms with Gasteiger partial charge < -0.3 is 9.32 Å². The maximum atomic E-state index is 12.6. The number of nitrogens with zero attached hydrogens (tertiary/aromatic N) is 2. The minimum Gasteiger partial charge on any atom is -0.443 e. The Hall–Kier alpha value is -1.62. The topological polar surface area (TPSA) is 46.3 Å². The van der Waals surface area contributed by atoms with E-state index in [0.29, 0.717) is 24.3 Å². The Morgan fingerprint density at radius 1 is 1.35 bits per heavy atom. The van der Waals surface area contributed by atoms with Crippen molar-refractivity contribution < 1.29 is 9.21 Å². The molecule has 1 aromatic heterocycles. The summed E-state index contributed by atoms with van der Waals surface area (Å²) >= 11 is 3.44. The van der Waals surface area contributed by atoms with Crippen molar-refractivity contribution in [3.05, 3.63) is 52.1 Å². The molecule has 2 aromatic rings. The van der Waals surface area contributed by atoms with E-state index < -0.39 is 0 Å². The maximum absolute atomic E-state index is 12.6. The second kappa shape index (κ2) is 5.78. The van der Waals surface area contributed by atoms with Gasteiger partial charge in [0.15, 0.2) is 0 Å². The molecule has 1 amide bonds. The lowest BCUT2D eigenvalue weighted by Gasteiger charge is -2.15. The van der Waals surface area contributed by atoms with Gasteiger partial charge in [-0.25, -0.2) is 4.98 Å². The summed E-state index contributed by atoms with van der Waals surface area (Å²) in [5.41, 5.74) is 1.24. The second-order valence-corrected chi connectivity index (χ2v) is 7.54. The lowest BCUT2D eigenvalue weighted by molar-refractivity contribution is -0.132. The van der Waals surface area contributed by atoms with Gasteiger partial charge in [0.05, 0.1) is 12.7 Å². The third kappa shape index (κ3) is 3.20. The maximum Gasteiger partial charge on any atom is 0.226 e. The monoisotopic (exact) mass is 374 g/mol. The Morgan fingerprint density at radius 2 is 2.09 bits per heavy atom. The van der Waals surface area contributed by atoms with Gasteiger partial charge in [-0.2, -0.15) is 0 Å². The molecule has 1 heterocycles. The fraction of sp³-hybridized carbons (Fsp3) is 0.444. The van der Waals surface area contributed by atoms with Crippen LogP contribution in [0, 0.1) is 5.92 Å². The molecule has 0 spiro atoms. The van der Waals surface area contributed by atoms with Crippen LogP contribution in [0.15, 0.2) is 39.4 Å². The fourth-order valence-electron chi connectivity index (χ4n) is 3.06. The number of rotatable bonds is 5. The smallest absolute Gasteiger partial charge is 0.226 e. The van der Waals surface area contributed by atoms with Gasteiger partial charge in [-0.3, -0.25) is 4.79 Å². The molecule has 0 radical (unpaired) electrons. The summed E-state index contributed by atoms with van der Waals surface area (Å²) in [7, 11) is 1.83. The van der Waals surface area contributed by atoms with Crippen LogP contribution in [-0.2, 0) is 11.3 Å². The lowest BCUT2D eigenvalue weighted by Crippen LogP contribution is -2.28. The van der Waals surface area contributed by atoms with Crippen molar-refractivity contribution in [2.75, 3.05) is 7.05 Å². The zero-order chi connectivity index (χ0) is 16.0. The highest BCUT2D eigenvalue weighted by atomic mass is 79.9. The summed E-state index contributed by atoms with van der Waals surface area (Å²) in [4.78, 5) is 18.6. The number of hydrogen-bond acceptors (Lipinski definition) is 3. The van der Waals surface area contributed by atoms with Crippen LogP contribution in [0.4, 0.5) is 0 Å². The third-order valence-corrected chi connectivity index (χ3v) is 5.23. The molecule has 0 unspecified atom stereocenters. The number of oxazole rings is 1. The zero-order valence-electron chi connectivity index (χ0n) is 13.0. The first-order chi connectivity index (χ1) is 11.1. The van der Waals surface area contributed by atoms with Gasteiger partial charge in [0, 0.05) is 23.4 Å². The lowest BCUT2D eigenvalue weighted by atomic mass is 10.1. The van der Waals surface area contributed by atoms with Gasteiger partial charge in [-0.1, -0.05) is 28.1 Å². The third-order valence-electron chi connectivity index (χ3n) is 4.71. The van der Waals surface area contributed by atoms with Crippen molar-refractivity contribution in [3.8, 4) is 0 Å². The molecule has 5 heteroatoms. The number of amides is 1. The van der Waals surface area contributed by atoms with E-state index in [1.807, 2.05) is 25.4 Å². The summed E-state index contributed by atoms with van der Waals surface area (Å²) in [5, 5.41) is 0. The number of aromatic nitrogens is 1. The highest BCUT2D eigenvalue weighted by Gasteiger charge is 2.45. The molecule has 2 aliphatic rings. The van der Waals surface area contributed by atoms with Crippen LogP contribution in [0.3, 0.4) is 0 Å². The van der Waals surface area contributed by atoms with Crippen LogP contribution < -0.4 is 0 Å². The summed E-state index contributed by atoms with van der Waals surface area (Å²) in [6.07, 6.45) is 5.14. The number of halogens is 1. The van der Waals surface area contributed by atoms with Gasteiger partial charge in [-0.05, 0) is 42.9 Å². The van der Waals surface area contributed by atoms with Crippen LogP contribution in [0.25, 0.3) is 0 Å². The molecule has 0 aliphatic heterocycles. The molecule has 0 N–H and O–H groups in total. The summed E-state index contributed by atoms with van der Waals surface area (Å²) in [6.45, 7) is 0.453. The van der Waals surface area contributed by atoms with E-state index in [4.69, 9.17) is 4.42 Å². The molecule has 0 saturated heterocycles. The average molecular weight is 375 g/mol. The number of hydrogen-bond donors (Lipinski definition) is 0. The van der Waals surface area contributed by atoms with E-state index >= 15 is 0 Å². The van der Waals surface area contributed by atoms with Crippen molar-refractivity contribution in [3.63, 3.8) is 0 Å². The van der Waals surface area contributed by atoms with Crippen molar-refractivity contribution in [1.29, 1.82) is 0 Å². The predicted octanol–water partition coefficient (Wildman–Crippen LogP) is 4.08. The normalized spacial score (nSPS) is 22.9. The van der Waals surface area contributed by atoms with Gasteiger partial charge in [0.25, 0.3) is 0 Å². The van der Waals surface area contributed by atoms with Crippen LogP contribution in [0.1, 0.15) is 48.3 Å². The number of carbonyl (C=O) groups excluding carboxylic acids is 1. The molecular formula is C18H19BrN2O2. The van der Waals surface area contributed by atoms with Gasteiger partial charge in [-0.15, -0.1) is 0 Å². The van der Waals surface area contributed by atoms with Crippen LogP contribution in [0.2, 0.25) is 0 Å². The van der Waals surface area contributed by atoms with E-state index in [2.05, 4.69) is 33.0 Å². The van der Waals surface area contributed by atoms with Crippen molar-refractivity contribution in [1.82, 2.24) is 9.88 Å². The highest BCUT2D eigenvalue weighted by molar-refractivity contribution is 9.10. The quantitative estimate of drug-likeness (QED) is 0.791. The molecule has 2 aliphatic carbocycles. The summed E-state index contributed by atoms with van der Waals surface area (Å²) in [5.74, 6) is 2.80. The molecule has 0 bridgehead atoms. The zero-order valence-corrected chi connectivity index (χ0v) is 14.6. The van der Waals surface area contributed by atoms with E-state index in [9.17, 15) is 4.79 Å². The molecule has 1 aromatic carbocycles. The Kier molecular flexibility index (Phi) is 3.76. The molecule has 23 heavy (non-hydrogen) atoms. The molecule has 4 rings (SSSR count). The van der Waals surface area contributed by atoms with E-state index in [0.717, 1.165) is 16.7 Å². The van der Waals surface area contributed by atoms with Crippen LogP contribution in [0.5, 0.6) is 0 Å². The summed E-state index contributed by atoms with van der Waals surface area (Å²) in [6, 6.07) is 8.26. The number of benzene rings is 1. The van der Waals surface area contributed by atoms with Crippen molar-refractivity contribution in [2.24, 2.45) is 5.92 Å². The van der Waals surface area contributed by atoms with E-state index in [-0.39, 0.29) is 11.8 Å². The van der Waals surface area contributed by atoms with Gasteiger partial charge >= 0.3 is 0 Å². The van der Waals surface area contributed by atoms with Crippen molar-refractivity contribution >= 4 is 21.8 Å². The molecule has 2 saturated carbocycles. The first-order valence-corrected chi connectivity index (χ1v) is 8.86. The molecular weight excluding hydrogens is 356 g/mol. The summed E-state index contributed by atoms with van der Waals surface area (Å²) < 4.78 is 6.81. The first kappa shape index (κ1) is 14.9. The fourth-order valence-corrected chi connectivity index (χ4v) is 3.33. The SMILES string of the molecule is CN(Cc1ncc(C2CC2)o1)C(=O)[C@H]1C[C@@H]1c1ccc(Br)cc1. The van der Waals surface area contributed by atoms with Crippen LogP contribution >= 0.6 is 15.9 Å². The highest BCUT2D eigenvalue weighted by Crippen LogP contribution is 2.48. The van der Waals surface area contributed by atoms with Gasteiger partial charge in [0.1, 0.15) is 5.76 Å². The second-order valence-electron chi connectivity index (χ2n) is 6.63. The standard InChI is InChI=1S/C18H19BrN2O2/c1-21(10-17-20-9-16(23-17)12-2-3-12)18(22)15-8-14(15)11-4-6-13(19)7-5-11/h4-7,9,12,14-15H,2-3,8,10H2,1H3/t14-,15+/m1/s1. The predicted molar refractivity (Wildman–Crippen MR) is 89.9 cm³/mol. The van der Waals surface area contributed by atoms with Crippen molar-refractivity contribution in [2.45, 2.75) is 37.6 Å². The minimum absolute atomic E-state index is 0.0963. The number of carbonyl (C=O) groups is 1. The average Bonchev–Trinajstić information content (AvgIpc) is 3.46. The van der Waals surface area contributed by atoms with Crippen LogP contribution in [-0.4, -0.2) is 22.8 Å². The molecule has 4 nitrogen and oxygen atoms in total. The Balaban J connectivity index is 1.36. The Bertz CT molecular complexity index is 721. The van der Waals surface area contributed by atoms with E-state index in [1.54, 1.807) is 4.90 Å². The Labute approximate surface area is 144 Å². The Morgan fingerprint density at radius 3 is 2.78 bits per heavy atom. The first-order valence-electron chi connectivity index (χ1n) is 8.07. The molecule has 120 valence electrons. The van der Waals surface area contributed by atoms with E-state index in [1.165, 1.54) is 18.4 Å². The molecule has 2 fully saturated rings. The minimum atomic E-state index is 0.0963. The molecule has 2 atom stereocenters.